The maximum Gasteiger partial charge on any atom is 0.271 e. The van der Waals surface area contributed by atoms with Crippen molar-refractivity contribution in [3.63, 3.8) is 0 Å². The van der Waals surface area contributed by atoms with E-state index in [0.29, 0.717) is 50.8 Å². The predicted octanol–water partition coefficient (Wildman–Crippen LogP) is 5.75. The molecule has 0 aliphatic heterocycles. The van der Waals surface area contributed by atoms with Gasteiger partial charge in [0, 0.05) is 21.2 Å². The molecule has 1 amide bonds. The second kappa shape index (κ2) is 12.2. The summed E-state index contributed by atoms with van der Waals surface area (Å²) in [5.74, 6) is 1.70. The van der Waals surface area contributed by atoms with Gasteiger partial charge in [-0.05, 0) is 61.0 Å². The SMILES string of the molecule is CCOc1ccc(C(=O)N/N=C/c2ccc(OCc3ccc(Cl)cc3Cl)c(OC)c2)cc1OC. The molecule has 0 saturated carbocycles. The minimum absolute atomic E-state index is 0.251. The third kappa shape index (κ3) is 6.56. The first kappa shape index (κ1) is 25.2. The zero-order chi connectivity index (χ0) is 24.5. The number of carbonyl (C=O) groups excluding carboxylic acids is 1. The quantitative estimate of drug-likeness (QED) is 0.282. The molecule has 0 saturated heterocycles. The average molecular weight is 503 g/mol. The van der Waals surface area contributed by atoms with E-state index in [2.05, 4.69) is 10.5 Å². The normalized spacial score (nSPS) is 10.7. The van der Waals surface area contributed by atoms with Crippen LogP contribution in [0.4, 0.5) is 0 Å². The van der Waals surface area contributed by atoms with Crippen LogP contribution in [0.5, 0.6) is 23.0 Å². The van der Waals surface area contributed by atoms with Gasteiger partial charge in [-0.1, -0.05) is 29.3 Å². The summed E-state index contributed by atoms with van der Waals surface area (Å²) in [5, 5.41) is 5.11. The van der Waals surface area contributed by atoms with Crippen molar-refractivity contribution in [1.82, 2.24) is 5.43 Å². The van der Waals surface area contributed by atoms with Crippen molar-refractivity contribution in [3.8, 4) is 23.0 Å². The average Bonchev–Trinajstić information content (AvgIpc) is 2.84. The van der Waals surface area contributed by atoms with Gasteiger partial charge in [0.05, 0.1) is 27.0 Å². The van der Waals surface area contributed by atoms with Crippen molar-refractivity contribution in [2.45, 2.75) is 13.5 Å². The Hall–Kier alpha value is -3.42. The van der Waals surface area contributed by atoms with Crippen LogP contribution in [0, 0.1) is 0 Å². The molecule has 34 heavy (non-hydrogen) atoms. The van der Waals surface area contributed by atoms with Gasteiger partial charge in [-0.25, -0.2) is 5.43 Å². The molecular formula is C25H24Cl2N2O5. The van der Waals surface area contributed by atoms with Crippen molar-refractivity contribution in [2.75, 3.05) is 20.8 Å². The Labute approximate surface area is 208 Å². The first-order valence-electron chi connectivity index (χ1n) is 10.3. The summed E-state index contributed by atoms with van der Waals surface area (Å²) in [6, 6.07) is 15.4. The number of hydrazone groups is 1. The van der Waals surface area contributed by atoms with E-state index < -0.39 is 0 Å². The summed E-state index contributed by atoms with van der Waals surface area (Å²) in [5.41, 5.74) is 4.39. The Kier molecular flexibility index (Phi) is 9.01. The lowest BCUT2D eigenvalue weighted by Crippen LogP contribution is -2.17. The van der Waals surface area contributed by atoms with Gasteiger partial charge in [0.25, 0.3) is 5.91 Å². The van der Waals surface area contributed by atoms with Gasteiger partial charge in [-0.3, -0.25) is 4.79 Å². The minimum atomic E-state index is -0.385. The molecule has 3 aromatic carbocycles. The second-order valence-corrected chi connectivity index (χ2v) is 7.78. The molecule has 0 aromatic heterocycles. The van der Waals surface area contributed by atoms with Gasteiger partial charge in [0.1, 0.15) is 6.61 Å². The number of nitrogens with zero attached hydrogens (tertiary/aromatic N) is 1. The number of hydrogen-bond acceptors (Lipinski definition) is 6. The van der Waals surface area contributed by atoms with E-state index >= 15 is 0 Å². The van der Waals surface area contributed by atoms with Crippen molar-refractivity contribution >= 4 is 35.3 Å². The highest BCUT2D eigenvalue weighted by Crippen LogP contribution is 2.30. The predicted molar refractivity (Wildman–Crippen MR) is 133 cm³/mol. The molecule has 1 N–H and O–H groups in total. The number of rotatable bonds is 10. The van der Waals surface area contributed by atoms with Crippen LogP contribution in [-0.4, -0.2) is 32.9 Å². The Morgan fingerprint density at radius 3 is 2.32 bits per heavy atom. The monoisotopic (exact) mass is 502 g/mol. The maximum absolute atomic E-state index is 12.4. The fourth-order valence-corrected chi connectivity index (χ4v) is 3.45. The van der Waals surface area contributed by atoms with Gasteiger partial charge in [0.2, 0.25) is 0 Å². The summed E-state index contributed by atoms with van der Waals surface area (Å²) in [7, 11) is 3.06. The standard InChI is InChI=1S/C25H24Cl2N2O5/c1-4-33-21-10-7-17(12-24(21)32-3)25(30)29-28-14-16-5-9-22(23(11-16)31-2)34-15-18-6-8-19(26)13-20(18)27/h5-14H,4,15H2,1-3H3,(H,29,30)/b28-14+. The number of halogens is 2. The van der Waals surface area contributed by atoms with Gasteiger partial charge < -0.3 is 18.9 Å². The molecule has 7 nitrogen and oxygen atoms in total. The highest BCUT2D eigenvalue weighted by atomic mass is 35.5. The Balaban J connectivity index is 1.64. The molecular weight excluding hydrogens is 479 g/mol. The zero-order valence-electron chi connectivity index (χ0n) is 18.9. The molecule has 3 aromatic rings. The van der Waals surface area contributed by atoms with E-state index in [4.69, 9.17) is 42.1 Å². The van der Waals surface area contributed by atoms with Crippen LogP contribution in [0.15, 0.2) is 59.7 Å². The van der Waals surface area contributed by atoms with E-state index in [9.17, 15) is 4.79 Å². The molecule has 0 bridgehead atoms. The molecule has 0 atom stereocenters. The van der Waals surface area contributed by atoms with Gasteiger partial charge in [-0.15, -0.1) is 0 Å². The Bertz CT molecular complexity index is 1180. The number of hydrogen-bond donors (Lipinski definition) is 1. The summed E-state index contributed by atoms with van der Waals surface area (Å²) in [6.07, 6.45) is 1.51. The number of carbonyl (C=O) groups is 1. The van der Waals surface area contributed by atoms with E-state index in [0.717, 1.165) is 5.56 Å². The highest BCUT2D eigenvalue weighted by molar-refractivity contribution is 6.35. The Morgan fingerprint density at radius 2 is 1.62 bits per heavy atom. The van der Waals surface area contributed by atoms with Crippen LogP contribution in [0.25, 0.3) is 0 Å². The van der Waals surface area contributed by atoms with E-state index in [1.54, 1.807) is 61.7 Å². The van der Waals surface area contributed by atoms with Crippen LogP contribution >= 0.6 is 23.2 Å². The van der Waals surface area contributed by atoms with Crippen molar-refractivity contribution in [2.24, 2.45) is 5.10 Å². The van der Waals surface area contributed by atoms with Crippen molar-refractivity contribution < 1.29 is 23.7 Å². The van der Waals surface area contributed by atoms with Crippen LogP contribution < -0.4 is 24.4 Å². The smallest absolute Gasteiger partial charge is 0.271 e. The third-order valence-corrected chi connectivity index (χ3v) is 5.28. The van der Waals surface area contributed by atoms with Crippen LogP contribution in [-0.2, 0) is 6.61 Å². The van der Waals surface area contributed by atoms with Gasteiger partial charge >= 0.3 is 0 Å². The molecule has 0 heterocycles. The summed E-state index contributed by atoms with van der Waals surface area (Å²) in [4.78, 5) is 12.4. The second-order valence-electron chi connectivity index (χ2n) is 6.93. The number of benzene rings is 3. The van der Waals surface area contributed by atoms with Crippen molar-refractivity contribution in [1.29, 1.82) is 0 Å². The summed E-state index contributed by atoms with van der Waals surface area (Å²) in [6.45, 7) is 2.62. The minimum Gasteiger partial charge on any atom is -0.493 e. The van der Waals surface area contributed by atoms with Crippen molar-refractivity contribution in [3.05, 3.63) is 81.3 Å². The first-order valence-corrected chi connectivity index (χ1v) is 11.1. The van der Waals surface area contributed by atoms with Crippen LogP contribution in [0.1, 0.15) is 28.4 Å². The van der Waals surface area contributed by atoms with Crippen LogP contribution in [0.3, 0.4) is 0 Å². The molecule has 0 fully saturated rings. The molecule has 178 valence electrons. The largest absolute Gasteiger partial charge is 0.493 e. The lowest BCUT2D eigenvalue weighted by atomic mass is 10.2. The van der Waals surface area contributed by atoms with E-state index in [1.165, 1.54) is 13.3 Å². The molecule has 0 aliphatic rings. The maximum atomic E-state index is 12.4. The zero-order valence-corrected chi connectivity index (χ0v) is 20.4. The van der Waals surface area contributed by atoms with Crippen LogP contribution in [0.2, 0.25) is 10.0 Å². The molecule has 9 heteroatoms. The van der Waals surface area contributed by atoms with Gasteiger partial charge in [0.15, 0.2) is 23.0 Å². The molecule has 3 rings (SSSR count). The Morgan fingerprint density at radius 1 is 0.912 bits per heavy atom. The fourth-order valence-electron chi connectivity index (χ4n) is 2.99. The molecule has 0 radical (unpaired) electrons. The number of nitrogens with one attached hydrogen (secondary N) is 1. The topological polar surface area (TPSA) is 78.4 Å². The summed E-state index contributed by atoms with van der Waals surface area (Å²) < 4.78 is 22.0. The number of amides is 1. The van der Waals surface area contributed by atoms with Gasteiger partial charge in [-0.2, -0.15) is 5.10 Å². The molecule has 0 spiro atoms. The highest BCUT2D eigenvalue weighted by Gasteiger charge is 2.11. The molecule has 0 aliphatic carbocycles. The fraction of sp³-hybridized carbons (Fsp3) is 0.200. The molecule has 0 unspecified atom stereocenters. The number of methoxy groups -OCH3 is 2. The number of ether oxygens (including phenoxy) is 4. The van der Waals surface area contributed by atoms with E-state index in [1.807, 2.05) is 6.92 Å². The lowest BCUT2D eigenvalue weighted by molar-refractivity contribution is 0.0954. The lowest BCUT2D eigenvalue weighted by Gasteiger charge is -2.12. The third-order valence-electron chi connectivity index (χ3n) is 4.69. The first-order chi connectivity index (χ1) is 16.4. The summed E-state index contributed by atoms with van der Waals surface area (Å²) >= 11 is 12.1. The van der Waals surface area contributed by atoms with E-state index in [-0.39, 0.29) is 12.5 Å².